The maximum absolute atomic E-state index is 12.1. The van der Waals surface area contributed by atoms with E-state index in [1.54, 1.807) is 18.3 Å². The van der Waals surface area contributed by atoms with Crippen molar-refractivity contribution in [3.8, 4) is 5.75 Å². The summed E-state index contributed by atoms with van der Waals surface area (Å²) in [5.74, 6) is 0.393. The minimum atomic E-state index is -0.253. The number of benzene rings is 2. The lowest BCUT2D eigenvalue weighted by Gasteiger charge is -2.09. The van der Waals surface area contributed by atoms with Crippen molar-refractivity contribution in [1.82, 2.24) is 9.97 Å². The molecule has 1 aromatic heterocycles. The number of carbonyl (C=O) groups excluding carboxylic acids is 1. The van der Waals surface area contributed by atoms with Crippen molar-refractivity contribution in [3.63, 3.8) is 0 Å². The maximum Gasteiger partial charge on any atom is 0.248 e. The van der Waals surface area contributed by atoms with Gasteiger partial charge in [-0.25, -0.2) is 4.98 Å². The van der Waals surface area contributed by atoms with Crippen LogP contribution in [-0.2, 0) is 4.79 Å². The van der Waals surface area contributed by atoms with Gasteiger partial charge in [-0.05, 0) is 37.3 Å². The normalized spacial score (nSPS) is 10.9. The lowest BCUT2D eigenvalue weighted by molar-refractivity contribution is -0.111. The lowest BCUT2D eigenvalue weighted by atomic mass is 10.2. The summed E-state index contributed by atoms with van der Waals surface area (Å²) in [6.45, 7) is 2.44. The standard InChI is InChI=1S/C19H17N3O2/c1-2-24-18-10-6-5-9-17(18)22-19(23)12-11-14-13-20-15-7-3-4-8-16(15)21-14/h3-13H,2H2,1H3,(H,22,23). The number of anilines is 1. The molecule has 3 aromatic rings. The number of ether oxygens (including phenoxy) is 1. The number of carbonyl (C=O) groups is 1. The van der Waals surface area contributed by atoms with Crippen LogP contribution in [0.5, 0.6) is 5.75 Å². The number of hydrogen-bond donors (Lipinski definition) is 1. The quantitative estimate of drug-likeness (QED) is 0.729. The van der Waals surface area contributed by atoms with E-state index in [0.717, 1.165) is 11.0 Å². The molecule has 0 atom stereocenters. The zero-order valence-electron chi connectivity index (χ0n) is 13.3. The molecule has 1 amide bonds. The summed E-state index contributed by atoms with van der Waals surface area (Å²) in [7, 11) is 0. The smallest absolute Gasteiger partial charge is 0.248 e. The van der Waals surface area contributed by atoms with E-state index < -0.39 is 0 Å². The first-order valence-corrected chi connectivity index (χ1v) is 7.69. The Morgan fingerprint density at radius 2 is 1.88 bits per heavy atom. The van der Waals surface area contributed by atoms with E-state index >= 15 is 0 Å². The van der Waals surface area contributed by atoms with Crippen molar-refractivity contribution < 1.29 is 9.53 Å². The molecule has 1 N–H and O–H groups in total. The van der Waals surface area contributed by atoms with Gasteiger partial charge in [-0.1, -0.05) is 24.3 Å². The Balaban J connectivity index is 1.73. The summed E-state index contributed by atoms with van der Waals surface area (Å²) in [4.78, 5) is 20.9. The van der Waals surface area contributed by atoms with Crippen LogP contribution >= 0.6 is 0 Å². The van der Waals surface area contributed by atoms with Gasteiger partial charge >= 0.3 is 0 Å². The van der Waals surface area contributed by atoms with Crippen molar-refractivity contribution in [2.45, 2.75) is 6.92 Å². The van der Waals surface area contributed by atoms with Gasteiger partial charge in [-0.15, -0.1) is 0 Å². The zero-order chi connectivity index (χ0) is 16.8. The van der Waals surface area contributed by atoms with Crippen LogP contribution in [0.2, 0.25) is 0 Å². The number of nitrogens with one attached hydrogen (secondary N) is 1. The molecule has 5 heteroatoms. The largest absolute Gasteiger partial charge is 0.492 e. The first kappa shape index (κ1) is 15.7. The van der Waals surface area contributed by atoms with Gasteiger partial charge in [0.2, 0.25) is 5.91 Å². The Morgan fingerprint density at radius 1 is 1.12 bits per heavy atom. The number of hydrogen-bond acceptors (Lipinski definition) is 4. The number of fused-ring (bicyclic) bond motifs is 1. The maximum atomic E-state index is 12.1. The highest BCUT2D eigenvalue weighted by atomic mass is 16.5. The van der Waals surface area contributed by atoms with E-state index in [1.165, 1.54) is 6.08 Å². The molecule has 0 saturated carbocycles. The molecule has 0 aliphatic heterocycles. The molecule has 24 heavy (non-hydrogen) atoms. The molecule has 0 bridgehead atoms. The number of aromatic nitrogens is 2. The zero-order valence-corrected chi connectivity index (χ0v) is 13.3. The minimum absolute atomic E-state index is 0.253. The second-order valence-electron chi connectivity index (χ2n) is 5.04. The van der Waals surface area contributed by atoms with Crippen LogP contribution < -0.4 is 10.1 Å². The average Bonchev–Trinajstić information content (AvgIpc) is 2.62. The van der Waals surface area contributed by atoms with E-state index in [-0.39, 0.29) is 5.91 Å². The number of para-hydroxylation sites is 4. The highest BCUT2D eigenvalue weighted by Crippen LogP contribution is 2.23. The SMILES string of the molecule is CCOc1ccccc1NC(=O)C=Cc1cnc2ccccc2n1. The van der Waals surface area contributed by atoms with E-state index in [2.05, 4.69) is 15.3 Å². The third-order valence-electron chi connectivity index (χ3n) is 3.32. The first-order valence-electron chi connectivity index (χ1n) is 7.69. The van der Waals surface area contributed by atoms with Crippen molar-refractivity contribution >= 4 is 28.7 Å². The van der Waals surface area contributed by atoms with Crippen molar-refractivity contribution in [3.05, 3.63) is 66.5 Å². The summed E-state index contributed by atoms with van der Waals surface area (Å²) >= 11 is 0. The van der Waals surface area contributed by atoms with Gasteiger partial charge in [0.05, 0.1) is 35.2 Å². The molecule has 120 valence electrons. The monoisotopic (exact) mass is 319 g/mol. The molecule has 0 fully saturated rings. The van der Waals surface area contributed by atoms with Gasteiger partial charge in [-0.2, -0.15) is 0 Å². The minimum Gasteiger partial charge on any atom is -0.492 e. The van der Waals surface area contributed by atoms with Crippen molar-refractivity contribution in [2.75, 3.05) is 11.9 Å². The highest BCUT2D eigenvalue weighted by Gasteiger charge is 2.05. The highest BCUT2D eigenvalue weighted by molar-refractivity contribution is 6.02. The summed E-state index contributed by atoms with van der Waals surface area (Å²) in [6.07, 6.45) is 4.71. The van der Waals surface area contributed by atoms with E-state index in [4.69, 9.17) is 4.74 Å². The Hall–Kier alpha value is -3.21. The van der Waals surface area contributed by atoms with Crippen LogP contribution in [0.3, 0.4) is 0 Å². The average molecular weight is 319 g/mol. The molecule has 0 spiro atoms. The van der Waals surface area contributed by atoms with Gasteiger partial charge in [0.25, 0.3) is 0 Å². The van der Waals surface area contributed by atoms with E-state index in [9.17, 15) is 4.79 Å². The molecule has 0 radical (unpaired) electrons. The summed E-state index contributed by atoms with van der Waals surface area (Å²) in [5.41, 5.74) is 2.88. The molecule has 3 rings (SSSR count). The molecule has 0 saturated heterocycles. The van der Waals surface area contributed by atoms with Crippen LogP contribution in [-0.4, -0.2) is 22.5 Å². The summed E-state index contributed by atoms with van der Waals surface area (Å²) in [5, 5.41) is 2.80. The molecular weight excluding hydrogens is 302 g/mol. The second kappa shape index (κ2) is 7.37. The Labute approximate surface area is 140 Å². The van der Waals surface area contributed by atoms with E-state index in [0.29, 0.717) is 23.7 Å². The third kappa shape index (κ3) is 3.76. The fourth-order valence-corrected chi connectivity index (χ4v) is 2.24. The van der Waals surface area contributed by atoms with Crippen LogP contribution in [0.1, 0.15) is 12.6 Å². The van der Waals surface area contributed by atoms with Crippen LogP contribution in [0.15, 0.2) is 60.8 Å². The van der Waals surface area contributed by atoms with Crippen LogP contribution in [0.25, 0.3) is 17.1 Å². The molecule has 0 unspecified atom stereocenters. The lowest BCUT2D eigenvalue weighted by Crippen LogP contribution is -2.09. The van der Waals surface area contributed by atoms with Gasteiger partial charge in [-0.3, -0.25) is 9.78 Å². The molecule has 5 nitrogen and oxygen atoms in total. The summed E-state index contributed by atoms with van der Waals surface area (Å²) in [6, 6.07) is 14.9. The van der Waals surface area contributed by atoms with Gasteiger partial charge in [0.1, 0.15) is 5.75 Å². The fraction of sp³-hybridized carbons (Fsp3) is 0.105. The Kier molecular flexibility index (Phi) is 4.81. The molecule has 1 heterocycles. The number of rotatable bonds is 5. The summed E-state index contributed by atoms with van der Waals surface area (Å²) < 4.78 is 5.49. The van der Waals surface area contributed by atoms with Gasteiger partial charge in [0.15, 0.2) is 0 Å². The molecular formula is C19H17N3O2. The molecule has 2 aromatic carbocycles. The van der Waals surface area contributed by atoms with Gasteiger partial charge < -0.3 is 10.1 Å². The third-order valence-corrected chi connectivity index (χ3v) is 3.32. The Morgan fingerprint density at radius 3 is 2.71 bits per heavy atom. The van der Waals surface area contributed by atoms with Crippen molar-refractivity contribution in [1.29, 1.82) is 0 Å². The predicted octanol–water partition coefficient (Wildman–Crippen LogP) is 3.68. The van der Waals surface area contributed by atoms with Crippen molar-refractivity contribution in [2.24, 2.45) is 0 Å². The first-order chi connectivity index (χ1) is 11.8. The van der Waals surface area contributed by atoms with Gasteiger partial charge in [0, 0.05) is 6.08 Å². The van der Waals surface area contributed by atoms with Crippen LogP contribution in [0, 0.1) is 0 Å². The number of amides is 1. The van der Waals surface area contributed by atoms with E-state index in [1.807, 2.05) is 49.4 Å². The number of nitrogens with zero attached hydrogens (tertiary/aromatic N) is 2. The molecule has 0 aliphatic rings. The fourth-order valence-electron chi connectivity index (χ4n) is 2.24. The Bertz CT molecular complexity index is 890. The topological polar surface area (TPSA) is 64.1 Å². The van der Waals surface area contributed by atoms with Crippen LogP contribution in [0.4, 0.5) is 5.69 Å². The molecule has 0 aliphatic carbocycles. The second-order valence-corrected chi connectivity index (χ2v) is 5.04. The predicted molar refractivity (Wildman–Crippen MR) is 94.8 cm³/mol.